The molecule has 0 aliphatic rings. The van der Waals surface area contributed by atoms with Crippen LogP contribution in [0.3, 0.4) is 0 Å². The van der Waals surface area contributed by atoms with Crippen molar-refractivity contribution >= 4 is 22.9 Å². The van der Waals surface area contributed by atoms with Gasteiger partial charge in [0.25, 0.3) is 0 Å². The molecule has 0 fully saturated rings. The van der Waals surface area contributed by atoms with E-state index in [0.717, 1.165) is 11.0 Å². The van der Waals surface area contributed by atoms with Crippen LogP contribution >= 0.6 is 0 Å². The highest BCUT2D eigenvalue weighted by Crippen LogP contribution is 2.15. The number of amides is 1. The summed E-state index contributed by atoms with van der Waals surface area (Å²) in [6.07, 6.45) is 0. The number of para-hydroxylation sites is 1. The molecule has 1 aromatic heterocycles. The molecule has 6 heteroatoms. The minimum Gasteiger partial charge on any atom is -0.369 e. The third-order valence-corrected chi connectivity index (χ3v) is 2.72. The third-order valence-electron chi connectivity index (χ3n) is 2.72. The number of carbonyl (C=O) groups excluding carboxylic acids is 1. The Morgan fingerprint density at radius 1 is 1.28 bits per heavy atom. The first-order chi connectivity index (χ1) is 8.49. The molecule has 0 saturated heterocycles. The van der Waals surface area contributed by atoms with E-state index < -0.39 is 5.41 Å². The molecular weight excluding hydrogens is 230 g/mol. The second-order valence-electron chi connectivity index (χ2n) is 4.73. The van der Waals surface area contributed by atoms with Crippen molar-refractivity contribution in [3.63, 3.8) is 0 Å². The van der Waals surface area contributed by atoms with Crippen molar-refractivity contribution in [2.24, 2.45) is 11.1 Å². The molecule has 3 N–H and O–H groups in total. The third kappa shape index (κ3) is 2.53. The number of rotatable bonds is 4. The topological polar surface area (TPSA) is 93.8 Å². The number of carbonyl (C=O) groups is 1. The van der Waals surface area contributed by atoms with Crippen molar-refractivity contribution in [2.45, 2.75) is 13.8 Å². The highest BCUT2D eigenvalue weighted by molar-refractivity contribution is 5.80. The van der Waals surface area contributed by atoms with Gasteiger partial charge >= 0.3 is 0 Å². The van der Waals surface area contributed by atoms with Crippen LogP contribution in [-0.2, 0) is 4.79 Å². The fourth-order valence-electron chi connectivity index (χ4n) is 1.34. The maximum Gasteiger partial charge on any atom is 0.243 e. The van der Waals surface area contributed by atoms with E-state index in [1.807, 2.05) is 24.3 Å². The van der Waals surface area contributed by atoms with Crippen molar-refractivity contribution in [1.29, 1.82) is 0 Å². The minimum absolute atomic E-state index is 0.363. The van der Waals surface area contributed by atoms with Crippen molar-refractivity contribution in [1.82, 2.24) is 15.2 Å². The molecule has 0 radical (unpaired) electrons. The first kappa shape index (κ1) is 12.2. The smallest absolute Gasteiger partial charge is 0.243 e. The van der Waals surface area contributed by atoms with Crippen LogP contribution in [0.25, 0.3) is 11.0 Å². The SMILES string of the molecule is CC(C)(CNc1nnc2ccccc2n1)C(N)=O. The molecule has 6 nitrogen and oxygen atoms in total. The summed E-state index contributed by atoms with van der Waals surface area (Å²) in [5.41, 5.74) is 6.12. The Morgan fingerprint density at radius 2 is 1.94 bits per heavy atom. The van der Waals surface area contributed by atoms with Gasteiger partial charge in [0, 0.05) is 6.54 Å². The molecule has 1 aromatic carbocycles. The molecule has 1 amide bonds. The van der Waals surface area contributed by atoms with Gasteiger partial charge in [-0.15, -0.1) is 10.2 Å². The van der Waals surface area contributed by atoms with Crippen molar-refractivity contribution in [2.75, 3.05) is 11.9 Å². The summed E-state index contributed by atoms with van der Waals surface area (Å²) in [5.74, 6) is 0.0202. The quantitative estimate of drug-likeness (QED) is 0.836. The fourth-order valence-corrected chi connectivity index (χ4v) is 1.34. The molecule has 0 unspecified atom stereocenters. The number of hydrogen-bond acceptors (Lipinski definition) is 5. The van der Waals surface area contributed by atoms with Gasteiger partial charge in [-0.05, 0) is 26.0 Å². The molecule has 1 heterocycles. The van der Waals surface area contributed by atoms with Crippen LogP contribution in [0.2, 0.25) is 0 Å². The molecule has 0 aliphatic carbocycles. The lowest BCUT2D eigenvalue weighted by Crippen LogP contribution is -2.37. The van der Waals surface area contributed by atoms with Crippen molar-refractivity contribution < 1.29 is 4.79 Å². The zero-order valence-corrected chi connectivity index (χ0v) is 10.3. The highest BCUT2D eigenvalue weighted by Gasteiger charge is 2.24. The first-order valence-corrected chi connectivity index (χ1v) is 5.62. The maximum atomic E-state index is 11.2. The minimum atomic E-state index is -0.658. The van der Waals surface area contributed by atoms with E-state index in [4.69, 9.17) is 5.73 Å². The van der Waals surface area contributed by atoms with Crippen LogP contribution in [0.4, 0.5) is 5.95 Å². The summed E-state index contributed by atoms with van der Waals surface area (Å²) in [6, 6.07) is 7.46. The molecule has 0 aliphatic heterocycles. The molecule has 0 saturated carbocycles. The van der Waals surface area contributed by atoms with Gasteiger partial charge in [0.2, 0.25) is 11.9 Å². The largest absolute Gasteiger partial charge is 0.369 e. The van der Waals surface area contributed by atoms with E-state index in [1.165, 1.54) is 0 Å². The Balaban J connectivity index is 2.15. The van der Waals surface area contributed by atoms with E-state index >= 15 is 0 Å². The summed E-state index contributed by atoms with van der Waals surface area (Å²) in [7, 11) is 0. The first-order valence-electron chi connectivity index (χ1n) is 5.62. The molecular formula is C12H15N5O. The summed E-state index contributed by atoms with van der Waals surface area (Å²) in [5, 5.41) is 11.0. The maximum absolute atomic E-state index is 11.2. The number of aromatic nitrogens is 3. The van der Waals surface area contributed by atoms with Gasteiger partial charge in [-0.25, -0.2) is 4.98 Å². The summed E-state index contributed by atoms with van der Waals surface area (Å²) in [6.45, 7) is 3.88. The molecule has 94 valence electrons. The number of fused-ring (bicyclic) bond motifs is 1. The average Bonchev–Trinajstić information content (AvgIpc) is 2.36. The summed E-state index contributed by atoms with van der Waals surface area (Å²) >= 11 is 0. The van der Waals surface area contributed by atoms with Gasteiger partial charge in [0.1, 0.15) is 5.52 Å². The van der Waals surface area contributed by atoms with Crippen LogP contribution in [0.5, 0.6) is 0 Å². The highest BCUT2D eigenvalue weighted by atomic mass is 16.1. The molecule has 0 bridgehead atoms. The second kappa shape index (κ2) is 4.56. The number of nitrogens with zero attached hydrogens (tertiary/aromatic N) is 3. The molecule has 2 rings (SSSR count). The lowest BCUT2D eigenvalue weighted by atomic mass is 9.93. The van der Waals surface area contributed by atoms with Crippen LogP contribution in [0, 0.1) is 5.41 Å². The number of nitrogens with one attached hydrogen (secondary N) is 1. The van der Waals surface area contributed by atoms with Gasteiger partial charge in [0.15, 0.2) is 0 Å². The Bertz CT molecular complexity index is 581. The van der Waals surface area contributed by atoms with Crippen LogP contribution < -0.4 is 11.1 Å². The van der Waals surface area contributed by atoms with Gasteiger partial charge < -0.3 is 11.1 Å². The zero-order chi connectivity index (χ0) is 13.2. The van der Waals surface area contributed by atoms with Gasteiger partial charge in [-0.2, -0.15) is 0 Å². The fraction of sp³-hybridized carbons (Fsp3) is 0.333. The Kier molecular flexibility index (Phi) is 3.10. The second-order valence-corrected chi connectivity index (χ2v) is 4.73. The number of primary amides is 1. The molecule has 0 atom stereocenters. The normalized spacial score (nSPS) is 11.4. The van der Waals surface area contributed by atoms with Crippen molar-refractivity contribution in [3.8, 4) is 0 Å². The lowest BCUT2D eigenvalue weighted by Gasteiger charge is -2.20. The lowest BCUT2D eigenvalue weighted by molar-refractivity contribution is -0.125. The van der Waals surface area contributed by atoms with Crippen LogP contribution in [0.1, 0.15) is 13.8 Å². The Hall–Kier alpha value is -2.24. The van der Waals surface area contributed by atoms with Crippen molar-refractivity contribution in [3.05, 3.63) is 24.3 Å². The molecule has 18 heavy (non-hydrogen) atoms. The van der Waals surface area contributed by atoms with Gasteiger partial charge in [0.05, 0.1) is 10.9 Å². The predicted molar refractivity (Wildman–Crippen MR) is 68.8 cm³/mol. The standard InChI is InChI=1S/C12H15N5O/c1-12(2,10(13)18)7-14-11-15-8-5-3-4-6-9(8)16-17-11/h3-6H,7H2,1-2H3,(H2,13,18)(H,14,15,17). The van der Waals surface area contributed by atoms with E-state index in [1.54, 1.807) is 13.8 Å². The van der Waals surface area contributed by atoms with E-state index in [2.05, 4.69) is 20.5 Å². The summed E-state index contributed by atoms with van der Waals surface area (Å²) in [4.78, 5) is 15.5. The Morgan fingerprint density at radius 3 is 2.61 bits per heavy atom. The molecule has 2 aromatic rings. The number of anilines is 1. The number of nitrogens with two attached hydrogens (primary N) is 1. The van der Waals surface area contributed by atoms with E-state index in [-0.39, 0.29) is 5.91 Å². The zero-order valence-electron chi connectivity index (χ0n) is 10.3. The van der Waals surface area contributed by atoms with Gasteiger partial charge in [-0.1, -0.05) is 12.1 Å². The number of hydrogen-bond donors (Lipinski definition) is 2. The van der Waals surface area contributed by atoms with Gasteiger partial charge in [-0.3, -0.25) is 4.79 Å². The Labute approximate surface area is 105 Å². The summed E-state index contributed by atoms with van der Waals surface area (Å²) < 4.78 is 0. The van der Waals surface area contributed by atoms with E-state index in [9.17, 15) is 4.79 Å². The van der Waals surface area contributed by atoms with Crippen LogP contribution in [-0.4, -0.2) is 27.6 Å². The average molecular weight is 245 g/mol. The van der Waals surface area contributed by atoms with Crippen LogP contribution in [0.15, 0.2) is 24.3 Å². The molecule has 0 spiro atoms. The predicted octanol–water partition coefficient (Wildman–Crippen LogP) is 0.948. The monoisotopic (exact) mass is 245 g/mol. The number of benzene rings is 1. The van der Waals surface area contributed by atoms with E-state index in [0.29, 0.717) is 12.5 Å².